The maximum absolute atomic E-state index is 11.8. The zero-order valence-electron chi connectivity index (χ0n) is 9.77. The van der Waals surface area contributed by atoms with Gasteiger partial charge in [-0.15, -0.1) is 11.3 Å². The monoisotopic (exact) mass is 261 g/mol. The number of sulfonamides is 1. The number of nitrogens with one attached hydrogen (secondary N) is 1. The maximum atomic E-state index is 11.8. The van der Waals surface area contributed by atoms with Gasteiger partial charge in [0, 0.05) is 6.04 Å². The lowest BCUT2D eigenvalue weighted by molar-refractivity contribution is 0.528. The second kappa shape index (κ2) is 6.37. The molecule has 0 bridgehead atoms. The standard InChI is InChI=1S/C11H19NO2S2/c1-3-4-5-7-10(2)12-16(13,14)11-8-6-9-15-11/h6,8-10,12H,3-5,7H2,1-2H3. The van der Waals surface area contributed by atoms with Crippen molar-refractivity contribution in [3.05, 3.63) is 17.5 Å². The molecule has 1 aromatic heterocycles. The largest absolute Gasteiger partial charge is 0.250 e. The zero-order valence-corrected chi connectivity index (χ0v) is 11.4. The Hall–Kier alpha value is -0.390. The number of rotatable bonds is 7. The van der Waals surface area contributed by atoms with Gasteiger partial charge >= 0.3 is 0 Å². The molecule has 0 spiro atoms. The van der Waals surface area contributed by atoms with Gasteiger partial charge < -0.3 is 0 Å². The molecule has 0 aliphatic rings. The first-order valence-electron chi connectivity index (χ1n) is 5.62. The van der Waals surface area contributed by atoms with Gasteiger partial charge in [-0.05, 0) is 24.8 Å². The SMILES string of the molecule is CCCCCC(C)NS(=O)(=O)c1cccs1. The molecule has 16 heavy (non-hydrogen) atoms. The molecule has 1 unspecified atom stereocenters. The van der Waals surface area contributed by atoms with Gasteiger partial charge in [-0.2, -0.15) is 0 Å². The first kappa shape index (κ1) is 13.7. The summed E-state index contributed by atoms with van der Waals surface area (Å²) in [7, 11) is -3.28. The summed E-state index contributed by atoms with van der Waals surface area (Å²) in [5.41, 5.74) is 0. The molecule has 1 N–H and O–H groups in total. The van der Waals surface area contributed by atoms with E-state index in [1.807, 2.05) is 6.92 Å². The van der Waals surface area contributed by atoms with Crippen molar-refractivity contribution in [3.8, 4) is 0 Å². The quantitative estimate of drug-likeness (QED) is 0.767. The second-order valence-electron chi connectivity index (χ2n) is 3.95. The fraction of sp³-hybridized carbons (Fsp3) is 0.636. The zero-order chi connectivity index (χ0) is 12.0. The molecule has 0 saturated heterocycles. The first-order valence-corrected chi connectivity index (χ1v) is 7.98. The normalized spacial score (nSPS) is 13.9. The Bertz CT molecular complexity index is 384. The van der Waals surface area contributed by atoms with Crippen LogP contribution in [0.2, 0.25) is 0 Å². The summed E-state index contributed by atoms with van der Waals surface area (Å²) in [5.74, 6) is 0. The molecule has 5 heteroatoms. The molecule has 1 atom stereocenters. The van der Waals surface area contributed by atoms with Gasteiger partial charge in [-0.25, -0.2) is 13.1 Å². The molecule has 1 aromatic rings. The Morgan fingerprint density at radius 3 is 2.75 bits per heavy atom. The average Bonchev–Trinajstić information content (AvgIpc) is 2.70. The predicted molar refractivity (Wildman–Crippen MR) is 68.2 cm³/mol. The number of thiophene rings is 1. The first-order chi connectivity index (χ1) is 7.56. The van der Waals surface area contributed by atoms with Crippen molar-refractivity contribution in [1.29, 1.82) is 0 Å². The molecule has 3 nitrogen and oxygen atoms in total. The predicted octanol–water partition coefficient (Wildman–Crippen LogP) is 3.00. The van der Waals surface area contributed by atoms with Crippen molar-refractivity contribution in [2.24, 2.45) is 0 Å². The fourth-order valence-corrected chi connectivity index (χ4v) is 3.79. The Morgan fingerprint density at radius 1 is 1.44 bits per heavy atom. The summed E-state index contributed by atoms with van der Waals surface area (Å²) in [4.78, 5) is 0. The maximum Gasteiger partial charge on any atom is 0.250 e. The van der Waals surface area contributed by atoms with E-state index in [0.717, 1.165) is 25.7 Å². The minimum atomic E-state index is -3.28. The highest BCUT2D eigenvalue weighted by Crippen LogP contribution is 2.16. The molecule has 0 radical (unpaired) electrons. The molecule has 0 amide bonds. The summed E-state index contributed by atoms with van der Waals surface area (Å²) in [6.45, 7) is 4.06. The molecular weight excluding hydrogens is 242 g/mol. The minimum absolute atomic E-state index is 0.0126. The van der Waals surface area contributed by atoms with Crippen LogP contribution in [-0.2, 0) is 10.0 Å². The fourth-order valence-electron chi connectivity index (χ4n) is 1.50. The highest BCUT2D eigenvalue weighted by molar-refractivity contribution is 7.91. The van der Waals surface area contributed by atoms with Crippen molar-refractivity contribution in [2.75, 3.05) is 0 Å². The molecule has 1 heterocycles. The lowest BCUT2D eigenvalue weighted by Gasteiger charge is -2.12. The molecule has 0 aromatic carbocycles. The van der Waals surface area contributed by atoms with Crippen LogP contribution in [0.25, 0.3) is 0 Å². The summed E-state index contributed by atoms with van der Waals surface area (Å²) >= 11 is 1.25. The van der Waals surface area contributed by atoms with Crippen LogP contribution in [0, 0.1) is 0 Å². The van der Waals surface area contributed by atoms with Gasteiger partial charge in [0.25, 0.3) is 0 Å². The van der Waals surface area contributed by atoms with E-state index in [1.54, 1.807) is 17.5 Å². The second-order valence-corrected chi connectivity index (χ2v) is 6.84. The topological polar surface area (TPSA) is 46.2 Å². The molecule has 0 aliphatic heterocycles. The van der Waals surface area contributed by atoms with Crippen LogP contribution >= 0.6 is 11.3 Å². The highest BCUT2D eigenvalue weighted by atomic mass is 32.2. The molecule has 1 rings (SSSR count). The van der Waals surface area contributed by atoms with E-state index in [1.165, 1.54) is 11.3 Å². The third kappa shape index (κ3) is 4.23. The molecule has 0 aliphatic carbocycles. The number of hydrogen-bond acceptors (Lipinski definition) is 3. The Labute approximate surface area is 102 Å². The van der Waals surface area contributed by atoms with Crippen LogP contribution in [-0.4, -0.2) is 14.5 Å². The van der Waals surface area contributed by atoms with Crippen molar-refractivity contribution in [2.45, 2.75) is 49.8 Å². The van der Waals surface area contributed by atoms with E-state index in [4.69, 9.17) is 0 Å². The minimum Gasteiger partial charge on any atom is -0.208 e. The van der Waals surface area contributed by atoms with Crippen LogP contribution in [0.3, 0.4) is 0 Å². The van der Waals surface area contributed by atoms with Crippen LogP contribution in [0.15, 0.2) is 21.7 Å². The van der Waals surface area contributed by atoms with E-state index in [-0.39, 0.29) is 6.04 Å². The number of hydrogen-bond donors (Lipinski definition) is 1. The van der Waals surface area contributed by atoms with E-state index in [2.05, 4.69) is 11.6 Å². The Balaban J connectivity index is 2.47. The van der Waals surface area contributed by atoms with Gasteiger partial charge in [-0.3, -0.25) is 0 Å². The Kier molecular flexibility index (Phi) is 5.44. The van der Waals surface area contributed by atoms with E-state index in [0.29, 0.717) is 4.21 Å². The summed E-state index contributed by atoms with van der Waals surface area (Å²) in [5, 5.41) is 1.77. The van der Waals surface area contributed by atoms with Crippen molar-refractivity contribution in [1.82, 2.24) is 4.72 Å². The molecule has 0 fully saturated rings. The average molecular weight is 261 g/mol. The summed E-state index contributed by atoms with van der Waals surface area (Å²) in [6.07, 6.45) is 4.29. The van der Waals surface area contributed by atoms with Crippen molar-refractivity contribution >= 4 is 21.4 Å². The van der Waals surface area contributed by atoms with Gasteiger partial charge in [0.2, 0.25) is 10.0 Å². The van der Waals surface area contributed by atoms with Crippen LogP contribution in [0.5, 0.6) is 0 Å². The van der Waals surface area contributed by atoms with Gasteiger partial charge in [0.05, 0.1) is 0 Å². The molecule has 0 saturated carbocycles. The van der Waals surface area contributed by atoms with Crippen molar-refractivity contribution in [3.63, 3.8) is 0 Å². The lowest BCUT2D eigenvalue weighted by atomic mass is 10.1. The lowest BCUT2D eigenvalue weighted by Crippen LogP contribution is -2.32. The summed E-state index contributed by atoms with van der Waals surface area (Å²) < 4.78 is 26.8. The van der Waals surface area contributed by atoms with Gasteiger partial charge in [0.15, 0.2) is 0 Å². The Morgan fingerprint density at radius 2 is 2.19 bits per heavy atom. The number of unbranched alkanes of at least 4 members (excludes halogenated alkanes) is 2. The van der Waals surface area contributed by atoms with Crippen LogP contribution < -0.4 is 4.72 Å². The summed E-state index contributed by atoms with van der Waals surface area (Å²) in [6, 6.07) is 3.39. The van der Waals surface area contributed by atoms with Crippen molar-refractivity contribution < 1.29 is 8.42 Å². The van der Waals surface area contributed by atoms with Crippen LogP contribution in [0.1, 0.15) is 39.5 Å². The third-order valence-corrected chi connectivity index (χ3v) is 5.34. The molecule has 92 valence electrons. The third-order valence-electron chi connectivity index (χ3n) is 2.36. The van der Waals surface area contributed by atoms with Gasteiger partial charge in [0.1, 0.15) is 4.21 Å². The van der Waals surface area contributed by atoms with Gasteiger partial charge in [-0.1, -0.05) is 32.3 Å². The molecular formula is C11H19NO2S2. The van der Waals surface area contributed by atoms with E-state index in [9.17, 15) is 8.42 Å². The van der Waals surface area contributed by atoms with Crippen LogP contribution in [0.4, 0.5) is 0 Å². The smallest absolute Gasteiger partial charge is 0.208 e. The van der Waals surface area contributed by atoms with E-state index < -0.39 is 10.0 Å². The van der Waals surface area contributed by atoms with E-state index >= 15 is 0 Å². The highest BCUT2D eigenvalue weighted by Gasteiger charge is 2.17.